The molecule has 1 saturated heterocycles. The molecule has 0 saturated carbocycles. The first kappa shape index (κ1) is 14.0. The van der Waals surface area contributed by atoms with Gasteiger partial charge in [-0.3, -0.25) is 4.79 Å². The SMILES string of the molecule is O=C(CCCc1ccccc1)N1CCOC(CO)C1. The smallest absolute Gasteiger partial charge is 0.222 e. The number of ether oxygens (including phenoxy) is 1. The van der Waals surface area contributed by atoms with E-state index in [4.69, 9.17) is 9.84 Å². The number of aliphatic hydroxyl groups excluding tert-OH is 1. The van der Waals surface area contributed by atoms with E-state index in [2.05, 4.69) is 12.1 Å². The number of carbonyl (C=O) groups excluding carboxylic acids is 1. The molecule has 0 aromatic heterocycles. The van der Waals surface area contributed by atoms with Gasteiger partial charge in [-0.05, 0) is 18.4 Å². The summed E-state index contributed by atoms with van der Waals surface area (Å²) in [6.45, 7) is 1.66. The second-order valence-corrected chi connectivity index (χ2v) is 4.85. The van der Waals surface area contributed by atoms with Crippen LogP contribution in [0.4, 0.5) is 0 Å². The molecule has 1 aliphatic rings. The molecular formula is C15H21NO3. The van der Waals surface area contributed by atoms with Crippen molar-refractivity contribution in [3.63, 3.8) is 0 Å². The zero-order valence-corrected chi connectivity index (χ0v) is 11.1. The summed E-state index contributed by atoms with van der Waals surface area (Å²) in [6, 6.07) is 10.2. The Kier molecular flexibility index (Phi) is 5.36. The summed E-state index contributed by atoms with van der Waals surface area (Å²) in [5.41, 5.74) is 1.27. The fourth-order valence-corrected chi connectivity index (χ4v) is 2.30. The van der Waals surface area contributed by atoms with Crippen LogP contribution < -0.4 is 0 Å². The van der Waals surface area contributed by atoms with E-state index in [1.54, 1.807) is 4.90 Å². The van der Waals surface area contributed by atoms with Crippen molar-refractivity contribution in [3.05, 3.63) is 35.9 Å². The highest BCUT2D eigenvalue weighted by atomic mass is 16.5. The summed E-state index contributed by atoms with van der Waals surface area (Å²) in [7, 11) is 0. The molecule has 2 rings (SSSR count). The van der Waals surface area contributed by atoms with Crippen molar-refractivity contribution >= 4 is 5.91 Å². The quantitative estimate of drug-likeness (QED) is 0.869. The molecule has 1 unspecified atom stereocenters. The van der Waals surface area contributed by atoms with Crippen LogP contribution >= 0.6 is 0 Å². The molecule has 1 aromatic carbocycles. The first-order valence-corrected chi connectivity index (χ1v) is 6.84. The van der Waals surface area contributed by atoms with Crippen molar-refractivity contribution in [2.45, 2.75) is 25.4 Å². The predicted octanol–water partition coefficient (Wildman–Crippen LogP) is 1.23. The number of rotatable bonds is 5. The number of carbonyl (C=O) groups is 1. The van der Waals surface area contributed by atoms with Gasteiger partial charge in [-0.25, -0.2) is 0 Å². The minimum Gasteiger partial charge on any atom is -0.394 e. The largest absolute Gasteiger partial charge is 0.394 e. The van der Waals surface area contributed by atoms with Gasteiger partial charge in [0.05, 0.1) is 19.3 Å². The molecule has 1 aliphatic heterocycles. The molecule has 4 heteroatoms. The molecule has 1 heterocycles. The van der Waals surface area contributed by atoms with Crippen LogP contribution in [0.15, 0.2) is 30.3 Å². The Morgan fingerprint density at radius 1 is 1.37 bits per heavy atom. The summed E-state index contributed by atoms with van der Waals surface area (Å²) in [6.07, 6.45) is 2.14. The Labute approximate surface area is 114 Å². The molecule has 0 spiro atoms. The number of hydrogen-bond donors (Lipinski definition) is 1. The van der Waals surface area contributed by atoms with Gasteiger partial charge in [-0.2, -0.15) is 0 Å². The second kappa shape index (κ2) is 7.26. The minimum absolute atomic E-state index is 0.0200. The lowest BCUT2D eigenvalue weighted by Crippen LogP contribution is -2.46. The molecule has 0 bridgehead atoms. The number of aryl methyl sites for hydroxylation is 1. The van der Waals surface area contributed by atoms with Crippen LogP contribution in [-0.4, -0.2) is 48.3 Å². The van der Waals surface area contributed by atoms with Gasteiger partial charge < -0.3 is 14.7 Å². The average Bonchev–Trinajstić information content (AvgIpc) is 2.48. The van der Waals surface area contributed by atoms with Gasteiger partial charge in [0.2, 0.25) is 5.91 Å². The summed E-state index contributed by atoms with van der Waals surface area (Å²) < 4.78 is 5.34. The van der Waals surface area contributed by atoms with Crippen LogP contribution in [0.3, 0.4) is 0 Å². The van der Waals surface area contributed by atoms with Gasteiger partial charge in [0, 0.05) is 19.5 Å². The Hall–Kier alpha value is -1.39. The maximum atomic E-state index is 12.0. The second-order valence-electron chi connectivity index (χ2n) is 4.85. The first-order chi connectivity index (χ1) is 9.29. The van der Waals surface area contributed by atoms with Crippen molar-refractivity contribution < 1.29 is 14.6 Å². The summed E-state index contributed by atoms with van der Waals surface area (Å²) >= 11 is 0. The fraction of sp³-hybridized carbons (Fsp3) is 0.533. The molecule has 1 amide bonds. The molecule has 1 fully saturated rings. The fourth-order valence-electron chi connectivity index (χ4n) is 2.30. The third-order valence-electron chi connectivity index (χ3n) is 3.39. The van der Waals surface area contributed by atoms with Crippen LogP contribution in [0, 0.1) is 0 Å². The molecule has 4 nitrogen and oxygen atoms in total. The molecule has 1 N–H and O–H groups in total. The van der Waals surface area contributed by atoms with E-state index in [0.717, 1.165) is 12.8 Å². The standard InChI is InChI=1S/C15H21NO3/c17-12-14-11-16(9-10-19-14)15(18)8-4-7-13-5-2-1-3-6-13/h1-3,5-6,14,17H,4,7-12H2. The third-order valence-corrected chi connectivity index (χ3v) is 3.39. The number of hydrogen-bond acceptors (Lipinski definition) is 3. The van der Waals surface area contributed by atoms with Gasteiger partial charge in [-0.1, -0.05) is 30.3 Å². The lowest BCUT2D eigenvalue weighted by Gasteiger charge is -2.32. The average molecular weight is 263 g/mol. The predicted molar refractivity (Wildman–Crippen MR) is 72.8 cm³/mol. The van der Waals surface area contributed by atoms with E-state index in [1.165, 1.54) is 5.56 Å². The molecule has 104 valence electrons. The van der Waals surface area contributed by atoms with Crippen LogP contribution in [0.5, 0.6) is 0 Å². The number of amides is 1. The summed E-state index contributed by atoms with van der Waals surface area (Å²) in [5, 5.41) is 9.05. The highest BCUT2D eigenvalue weighted by Gasteiger charge is 2.22. The number of aliphatic hydroxyl groups is 1. The van der Waals surface area contributed by atoms with Crippen molar-refractivity contribution in [1.29, 1.82) is 0 Å². The maximum Gasteiger partial charge on any atom is 0.222 e. The zero-order chi connectivity index (χ0) is 13.5. The van der Waals surface area contributed by atoms with Crippen molar-refractivity contribution in [1.82, 2.24) is 4.90 Å². The number of benzene rings is 1. The Bertz CT molecular complexity index is 394. The van der Waals surface area contributed by atoms with E-state index in [0.29, 0.717) is 26.1 Å². The lowest BCUT2D eigenvalue weighted by molar-refractivity contribution is -0.140. The zero-order valence-electron chi connectivity index (χ0n) is 11.1. The van der Waals surface area contributed by atoms with Crippen molar-refractivity contribution in [3.8, 4) is 0 Å². The molecule has 0 radical (unpaired) electrons. The van der Waals surface area contributed by atoms with E-state index < -0.39 is 0 Å². The normalized spacial score (nSPS) is 19.4. The molecule has 0 aliphatic carbocycles. The lowest BCUT2D eigenvalue weighted by atomic mass is 10.1. The summed E-state index contributed by atoms with van der Waals surface area (Å²) in [5.74, 6) is 0.165. The highest BCUT2D eigenvalue weighted by molar-refractivity contribution is 5.76. The first-order valence-electron chi connectivity index (χ1n) is 6.84. The Balaban J connectivity index is 1.72. The van der Waals surface area contributed by atoms with Gasteiger partial charge >= 0.3 is 0 Å². The van der Waals surface area contributed by atoms with E-state index in [1.807, 2.05) is 18.2 Å². The van der Waals surface area contributed by atoms with Crippen LogP contribution in [0.2, 0.25) is 0 Å². The molecule has 19 heavy (non-hydrogen) atoms. The van der Waals surface area contributed by atoms with Crippen LogP contribution in [-0.2, 0) is 16.0 Å². The number of nitrogens with zero attached hydrogens (tertiary/aromatic N) is 1. The van der Waals surface area contributed by atoms with Gasteiger partial charge in [0.15, 0.2) is 0 Å². The van der Waals surface area contributed by atoms with Crippen LogP contribution in [0.25, 0.3) is 0 Å². The maximum absolute atomic E-state index is 12.0. The van der Waals surface area contributed by atoms with Gasteiger partial charge in [0.25, 0.3) is 0 Å². The van der Waals surface area contributed by atoms with E-state index >= 15 is 0 Å². The van der Waals surface area contributed by atoms with Crippen molar-refractivity contribution in [2.24, 2.45) is 0 Å². The van der Waals surface area contributed by atoms with Gasteiger partial charge in [-0.15, -0.1) is 0 Å². The topological polar surface area (TPSA) is 49.8 Å². The molecule has 1 aromatic rings. The third kappa shape index (κ3) is 4.33. The van der Waals surface area contributed by atoms with Crippen LogP contribution in [0.1, 0.15) is 18.4 Å². The van der Waals surface area contributed by atoms with Gasteiger partial charge in [0.1, 0.15) is 0 Å². The minimum atomic E-state index is -0.216. The Morgan fingerprint density at radius 3 is 2.89 bits per heavy atom. The Morgan fingerprint density at radius 2 is 2.16 bits per heavy atom. The monoisotopic (exact) mass is 263 g/mol. The number of morpholine rings is 1. The van der Waals surface area contributed by atoms with Crippen molar-refractivity contribution in [2.75, 3.05) is 26.3 Å². The highest BCUT2D eigenvalue weighted by Crippen LogP contribution is 2.10. The summed E-state index contributed by atoms with van der Waals surface area (Å²) in [4.78, 5) is 13.8. The molecular weight excluding hydrogens is 242 g/mol. The molecule has 1 atom stereocenters. The van der Waals surface area contributed by atoms with E-state index in [9.17, 15) is 4.79 Å². The van der Waals surface area contributed by atoms with E-state index in [-0.39, 0.29) is 18.6 Å².